The quantitative estimate of drug-likeness (QED) is 0.119. The van der Waals surface area contributed by atoms with Crippen LogP contribution in [0.3, 0.4) is 0 Å². The van der Waals surface area contributed by atoms with E-state index in [0.29, 0.717) is 34.6 Å². The number of Topliss-reactive ketones (excluding diaryl/α,β-unsaturated/α-hetero) is 1. The van der Waals surface area contributed by atoms with Crippen molar-refractivity contribution in [1.82, 2.24) is 15.0 Å². The van der Waals surface area contributed by atoms with Gasteiger partial charge < -0.3 is 34.8 Å². The molecule has 52 heavy (non-hydrogen) atoms. The minimum Gasteiger partial charge on any atom is -0.664 e. The number of carbonyl (C=O) groups is 2. The average Bonchev–Trinajstić information content (AvgIpc) is 3.84. The van der Waals surface area contributed by atoms with E-state index in [1.165, 1.54) is 12.7 Å². The molecule has 9 nitrogen and oxygen atoms in total. The standard InChI is InChI=1S/C42H49N4O5.Mg/c1-10-13-21(4)16-17-51-35(47)15-14-28-24(7)31-18-29-22(5)26(11-2)33(43-29)19-30-23(6)27(12-3)34(44-30)20-32-25(8)36-40(46-32)37(39(28)45-31)38(41(36)48)42(49)50-9;/h11,16,18-20,24,28,38,42,49H,2,10,12-15,17H2,1,3-9H3,(H-,45,46,48);/q-3;+2/p-1/b21-16+,30-19-,31-18-,34-20-;/t24-,28-,38+,42?;/m0./s1. The number of fused-ring (bicyclic) bond motifs is 7. The van der Waals surface area contributed by atoms with Gasteiger partial charge in [0.15, 0.2) is 12.1 Å². The fourth-order valence-corrected chi connectivity index (χ4v) is 7.87. The van der Waals surface area contributed by atoms with Gasteiger partial charge in [-0.05, 0) is 70.4 Å². The number of rotatable bonds is 11. The number of aliphatic hydroxyl groups is 1. The van der Waals surface area contributed by atoms with Crippen LogP contribution in [0.5, 0.6) is 0 Å². The molecule has 3 aliphatic rings. The Morgan fingerprint density at radius 3 is 2.38 bits per heavy atom. The van der Waals surface area contributed by atoms with Gasteiger partial charge >= 0.3 is 29.0 Å². The van der Waals surface area contributed by atoms with Crippen molar-refractivity contribution in [3.8, 4) is 0 Å². The molecular formula is C42H48MgN4O5-2. The van der Waals surface area contributed by atoms with Gasteiger partial charge in [-0.3, -0.25) is 9.59 Å². The maximum atomic E-state index is 14.3. The first kappa shape index (κ1) is 39.4. The molecular weight excluding hydrogens is 665 g/mol. The zero-order valence-corrected chi connectivity index (χ0v) is 33.1. The summed E-state index contributed by atoms with van der Waals surface area (Å²) in [5.74, 6) is -1.99. The molecule has 1 aliphatic carbocycles. The molecule has 1 unspecified atom stereocenters. The summed E-state index contributed by atoms with van der Waals surface area (Å²) in [4.78, 5) is 42.5. The van der Waals surface area contributed by atoms with E-state index in [2.05, 4.69) is 34.3 Å². The van der Waals surface area contributed by atoms with Crippen LogP contribution in [0.25, 0.3) is 35.2 Å². The molecule has 0 saturated carbocycles. The summed E-state index contributed by atoms with van der Waals surface area (Å²) in [6.07, 6.45) is 11.7. The Balaban J connectivity index is 0.00000523. The fourth-order valence-electron chi connectivity index (χ4n) is 7.87. The first-order chi connectivity index (χ1) is 24.4. The van der Waals surface area contributed by atoms with Crippen LogP contribution < -0.4 is 25.7 Å². The molecule has 4 atom stereocenters. The molecule has 2 aliphatic heterocycles. The maximum Gasteiger partial charge on any atom is 2.00 e. The van der Waals surface area contributed by atoms with E-state index < -0.39 is 12.2 Å². The molecule has 0 aromatic carbocycles. The monoisotopic (exact) mass is 712 g/mol. The van der Waals surface area contributed by atoms with Gasteiger partial charge in [-0.15, -0.1) is 33.5 Å². The van der Waals surface area contributed by atoms with Crippen LogP contribution in [0, 0.1) is 38.5 Å². The zero-order chi connectivity index (χ0) is 36.7. The Morgan fingerprint density at radius 2 is 1.71 bits per heavy atom. The molecule has 10 heteroatoms. The largest absolute Gasteiger partial charge is 2.00 e. The van der Waals surface area contributed by atoms with E-state index in [0.717, 1.165) is 74.9 Å². The second-order valence-electron chi connectivity index (χ2n) is 14.0. The SMILES string of the molecule is C=Cc1c2[n-]c(c1C)/C=C1\[N-]/C(=C3\c4[n-]c(c(C)c4C(=O)[C@@H]3C(O)OC)/C=c3\[n-]/c(c(C)c3CC)=C\2)[C@@H](CCC(=O)OC/C=C(\C)CCC)[C@@H]1C.[Mg+2]. The second kappa shape index (κ2) is 16.0. The number of aliphatic hydroxyl groups excluding tert-OH is 1. The number of allylic oxidation sites excluding steroid dienone is 3. The summed E-state index contributed by atoms with van der Waals surface area (Å²) in [5.41, 5.74) is 11.1. The molecule has 1 saturated heterocycles. The van der Waals surface area contributed by atoms with Gasteiger partial charge in [-0.2, -0.15) is 11.4 Å². The van der Waals surface area contributed by atoms with Gasteiger partial charge in [0.2, 0.25) is 0 Å². The Kier molecular flexibility index (Phi) is 12.1. The Labute approximate surface area is 322 Å². The molecule has 8 bridgehead atoms. The van der Waals surface area contributed by atoms with E-state index >= 15 is 0 Å². The summed E-state index contributed by atoms with van der Waals surface area (Å²) < 4.78 is 11.0. The van der Waals surface area contributed by atoms with Gasteiger partial charge in [-0.25, -0.2) is 0 Å². The molecule has 0 spiro atoms. The number of carbonyl (C=O) groups excluding carboxylic acids is 2. The molecule has 0 amide bonds. The first-order valence-electron chi connectivity index (χ1n) is 18.0. The summed E-state index contributed by atoms with van der Waals surface area (Å²) in [6.45, 7) is 18.7. The van der Waals surface area contributed by atoms with Crippen LogP contribution in [0.4, 0.5) is 0 Å². The second-order valence-corrected chi connectivity index (χ2v) is 14.0. The number of aromatic nitrogens is 3. The third-order valence-electron chi connectivity index (χ3n) is 10.9. The third-order valence-corrected chi connectivity index (χ3v) is 10.9. The predicted octanol–water partition coefficient (Wildman–Crippen LogP) is 5.52. The van der Waals surface area contributed by atoms with Gasteiger partial charge in [0.05, 0.1) is 5.92 Å². The van der Waals surface area contributed by atoms with E-state index in [4.69, 9.17) is 29.7 Å². The number of ketones is 1. The summed E-state index contributed by atoms with van der Waals surface area (Å²) in [5, 5.41) is 18.0. The number of nitrogens with zero attached hydrogens (tertiary/aromatic N) is 4. The zero-order valence-electron chi connectivity index (χ0n) is 31.7. The van der Waals surface area contributed by atoms with Crippen molar-refractivity contribution < 1.29 is 24.2 Å². The van der Waals surface area contributed by atoms with Crippen molar-refractivity contribution in [2.24, 2.45) is 17.8 Å². The third kappa shape index (κ3) is 6.98. The van der Waals surface area contributed by atoms with E-state index in [9.17, 15) is 14.7 Å². The number of ether oxygens (including phenoxy) is 2. The number of hydrogen-bond acceptors (Lipinski definition) is 5. The number of methoxy groups -OCH3 is 1. The Hall–Kier alpha value is -3.83. The first-order valence-corrected chi connectivity index (χ1v) is 18.0. The molecule has 3 aromatic rings. The normalized spacial score (nSPS) is 23.5. The molecule has 5 heterocycles. The molecule has 0 radical (unpaired) electrons. The average molecular weight is 713 g/mol. The van der Waals surface area contributed by atoms with Gasteiger partial charge in [-0.1, -0.05) is 91.5 Å². The maximum absolute atomic E-state index is 14.3. The molecule has 6 rings (SSSR count). The van der Waals surface area contributed by atoms with Gasteiger partial charge in [0, 0.05) is 19.1 Å². The summed E-state index contributed by atoms with van der Waals surface area (Å²) in [6, 6.07) is 0. The van der Waals surface area contributed by atoms with Crippen molar-refractivity contribution in [2.45, 2.75) is 86.9 Å². The van der Waals surface area contributed by atoms with Crippen LogP contribution in [0.15, 0.2) is 29.6 Å². The van der Waals surface area contributed by atoms with Gasteiger partial charge in [0.25, 0.3) is 0 Å². The molecule has 1 N–H and O–H groups in total. The number of esters is 1. The van der Waals surface area contributed by atoms with Crippen LogP contribution in [0.2, 0.25) is 0 Å². The van der Waals surface area contributed by atoms with Crippen molar-refractivity contribution in [3.63, 3.8) is 0 Å². The summed E-state index contributed by atoms with van der Waals surface area (Å²) in [7, 11) is 1.38. The number of hydrogen-bond donors (Lipinski definition) is 1. The molecule has 1 fully saturated rings. The van der Waals surface area contributed by atoms with Crippen LogP contribution in [0.1, 0.15) is 114 Å². The minimum absolute atomic E-state index is 0. The van der Waals surface area contributed by atoms with Crippen molar-refractivity contribution in [3.05, 3.63) is 102 Å². The Bertz CT molecular complexity index is 2120. The van der Waals surface area contributed by atoms with Crippen molar-refractivity contribution in [1.29, 1.82) is 0 Å². The van der Waals surface area contributed by atoms with E-state index in [1.54, 1.807) is 0 Å². The van der Waals surface area contributed by atoms with E-state index in [-0.39, 0.29) is 59.7 Å². The molecule has 3 aromatic heterocycles. The topological polar surface area (TPSA) is 129 Å². The van der Waals surface area contributed by atoms with Crippen molar-refractivity contribution >= 4 is 64.7 Å². The summed E-state index contributed by atoms with van der Waals surface area (Å²) >= 11 is 0. The molecule has 270 valence electrons. The Morgan fingerprint density at radius 1 is 1.00 bits per heavy atom. The van der Waals surface area contributed by atoms with E-state index in [1.807, 2.05) is 51.2 Å². The van der Waals surface area contributed by atoms with Crippen LogP contribution >= 0.6 is 0 Å². The minimum atomic E-state index is -1.41. The van der Waals surface area contributed by atoms with Crippen molar-refractivity contribution in [2.75, 3.05) is 13.7 Å². The fraction of sp³-hybridized carbons (Fsp3) is 0.429. The van der Waals surface area contributed by atoms with Crippen LogP contribution in [-0.2, 0) is 20.7 Å². The van der Waals surface area contributed by atoms with Crippen LogP contribution in [-0.4, -0.2) is 59.9 Å². The smallest absolute Gasteiger partial charge is 0.664 e. The van der Waals surface area contributed by atoms with Gasteiger partial charge in [0.1, 0.15) is 6.61 Å². The predicted molar refractivity (Wildman–Crippen MR) is 206 cm³/mol.